The van der Waals surface area contributed by atoms with Crippen molar-refractivity contribution in [2.75, 3.05) is 0 Å². The quantitative estimate of drug-likeness (QED) is 0.536. The topological polar surface area (TPSA) is 0 Å². The molecule has 0 heteroatoms. The lowest BCUT2D eigenvalue weighted by molar-refractivity contribution is 0.816. The van der Waals surface area contributed by atoms with Crippen LogP contribution >= 0.6 is 0 Å². The maximum atomic E-state index is 2.45. The van der Waals surface area contributed by atoms with Gasteiger partial charge in [-0.3, -0.25) is 0 Å². The Kier molecular flexibility index (Phi) is 4.13. The molecule has 0 bridgehead atoms. The van der Waals surface area contributed by atoms with Gasteiger partial charge in [0.05, 0.1) is 0 Å². The van der Waals surface area contributed by atoms with E-state index in [2.05, 4.69) is 26.0 Å². The Morgan fingerprint density at radius 2 is 1.33 bits per heavy atom. The maximum Gasteiger partial charge on any atom is -0.0286 e. The zero-order chi connectivity index (χ0) is 8.81. The van der Waals surface area contributed by atoms with Crippen molar-refractivity contribution in [3.63, 3.8) is 0 Å². The van der Waals surface area contributed by atoms with Gasteiger partial charge in [-0.25, -0.2) is 0 Å². The third-order valence-electron chi connectivity index (χ3n) is 2.71. The van der Waals surface area contributed by atoms with E-state index in [0.717, 1.165) is 0 Å². The van der Waals surface area contributed by atoms with E-state index in [0.29, 0.717) is 0 Å². The van der Waals surface area contributed by atoms with Gasteiger partial charge in [0, 0.05) is 0 Å². The van der Waals surface area contributed by atoms with Crippen LogP contribution in [0.2, 0.25) is 0 Å². The first-order valence-corrected chi connectivity index (χ1v) is 5.22. The average Bonchev–Trinajstić information content (AvgIpc) is 2.05. The number of hydrogen-bond acceptors (Lipinski definition) is 0. The molecule has 0 aliphatic heterocycles. The fourth-order valence-electron chi connectivity index (χ4n) is 1.77. The minimum absolute atomic E-state index is 1.25. The number of rotatable bonds is 2. The summed E-state index contributed by atoms with van der Waals surface area (Å²) in [6.07, 6.45) is 12.5. The van der Waals surface area contributed by atoms with Crippen molar-refractivity contribution in [3.05, 3.63) is 23.3 Å². The Morgan fingerprint density at radius 1 is 0.917 bits per heavy atom. The minimum Gasteiger partial charge on any atom is -0.0850 e. The third kappa shape index (κ3) is 2.84. The van der Waals surface area contributed by atoms with Crippen molar-refractivity contribution in [1.29, 1.82) is 0 Å². The van der Waals surface area contributed by atoms with Gasteiger partial charge in [0.15, 0.2) is 0 Å². The summed E-state index contributed by atoms with van der Waals surface area (Å²) in [6, 6.07) is 0. The summed E-state index contributed by atoms with van der Waals surface area (Å²) in [5.41, 5.74) is 3.31. The Bertz CT molecular complexity index is 162. The Labute approximate surface area is 76.4 Å². The molecule has 0 nitrogen and oxygen atoms in total. The van der Waals surface area contributed by atoms with Crippen LogP contribution in [-0.4, -0.2) is 0 Å². The molecule has 0 fully saturated rings. The smallest absolute Gasteiger partial charge is 0.0286 e. The minimum atomic E-state index is 1.25. The van der Waals surface area contributed by atoms with E-state index < -0.39 is 0 Å². The molecule has 0 saturated heterocycles. The van der Waals surface area contributed by atoms with Gasteiger partial charge in [-0.2, -0.15) is 0 Å². The summed E-state index contributed by atoms with van der Waals surface area (Å²) in [4.78, 5) is 0. The molecule has 0 amide bonds. The molecule has 0 heterocycles. The molecule has 68 valence electrons. The van der Waals surface area contributed by atoms with Crippen molar-refractivity contribution in [1.82, 2.24) is 0 Å². The molecule has 0 saturated carbocycles. The van der Waals surface area contributed by atoms with Crippen molar-refractivity contribution in [2.45, 2.75) is 52.4 Å². The molecule has 1 rings (SSSR count). The molecule has 1 aliphatic carbocycles. The highest BCUT2D eigenvalue weighted by atomic mass is 14.1. The van der Waals surface area contributed by atoms with Crippen LogP contribution in [0, 0.1) is 0 Å². The first-order valence-electron chi connectivity index (χ1n) is 5.22. The largest absolute Gasteiger partial charge is 0.0850 e. The standard InChI is InChI=1S/C12H20/c1-3-11-7-5-9-12(4-2)10-6-8-11/h7,10H,3-6,8-9H2,1-2H3/b11-7-,12-10-. The molecule has 0 unspecified atom stereocenters. The zero-order valence-corrected chi connectivity index (χ0v) is 8.40. The summed E-state index contributed by atoms with van der Waals surface area (Å²) < 4.78 is 0. The number of hydrogen-bond donors (Lipinski definition) is 0. The summed E-state index contributed by atoms with van der Waals surface area (Å²) in [5, 5.41) is 0. The average molecular weight is 164 g/mol. The van der Waals surface area contributed by atoms with Crippen molar-refractivity contribution in [3.8, 4) is 0 Å². The van der Waals surface area contributed by atoms with E-state index >= 15 is 0 Å². The zero-order valence-electron chi connectivity index (χ0n) is 8.40. The summed E-state index contributed by atoms with van der Waals surface area (Å²) in [7, 11) is 0. The molecule has 12 heavy (non-hydrogen) atoms. The highest BCUT2D eigenvalue weighted by molar-refractivity contribution is 5.11. The van der Waals surface area contributed by atoms with Gasteiger partial charge >= 0.3 is 0 Å². The summed E-state index contributed by atoms with van der Waals surface area (Å²) >= 11 is 0. The second-order valence-corrected chi connectivity index (χ2v) is 3.51. The van der Waals surface area contributed by atoms with E-state index in [-0.39, 0.29) is 0 Å². The van der Waals surface area contributed by atoms with Gasteiger partial charge in [-0.05, 0) is 38.5 Å². The summed E-state index contributed by atoms with van der Waals surface area (Å²) in [6.45, 7) is 4.52. The molecule has 0 atom stereocenters. The van der Waals surface area contributed by atoms with Gasteiger partial charge < -0.3 is 0 Å². The molecule has 0 aromatic carbocycles. The van der Waals surface area contributed by atoms with E-state index in [1.54, 1.807) is 11.1 Å². The predicted molar refractivity (Wildman–Crippen MR) is 55.2 cm³/mol. The van der Waals surface area contributed by atoms with E-state index in [9.17, 15) is 0 Å². The Hall–Kier alpha value is -0.520. The van der Waals surface area contributed by atoms with Gasteiger partial charge in [0.25, 0.3) is 0 Å². The molecule has 0 N–H and O–H groups in total. The monoisotopic (exact) mass is 164 g/mol. The number of allylic oxidation sites excluding steroid dienone is 4. The van der Waals surface area contributed by atoms with Crippen LogP contribution in [0.4, 0.5) is 0 Å². The lowest BCUT2D eigenvalue weighted by Gasteiger charge is -2.09. The van der Waals surface area contributed by atoms with Gasteiger partial charge in [0.2, 0.25) is 0 Å². The van der Waals surface area contributed by atoms with Crippen LogP contribution in [-0.2, 0) is 0 Å². The first-order chi connectivity index (χ1) is 5.86. The fourth-order valence-corrected chi connectivity index (χ4v) is 1.77. The van der Waals surface area contributed by atoms with Crippen molar-refractivity contribution in [2.24, 2.45) is 0 Å². The molecular weight excluding hydrogens is 144 g/mol. The van der Waals surface area contributed by atoms with Crippen LogP contribution in [0.1, 0.15) is 52.4 Å². The highest BCUT2D eigenvalue weighted by Crippen LogP contribution is 2.20. The second-order valence-electron chi connectivity index (χ2n) is 3.51. The normalized spacial score (nSPS) is 27.8. The lowest BCUT2D eigenvalue weighted by atomic mass is 9.97. The van der Waals surface area contributed by atoms with Crippen LogP contribution in [0.3, 0.4) is 0 Å². The molecule has 0 radical (unpaired) electrons. The molecular formula is C12H20. The Balaban J connectivity index is 2.47. The maximum absolute atomic E-state index is 2.45. The van der Waals surface area contributed by atoms with Crippen LogP contribution in [0.5, 0.6) is 0 Å². The molecule has 0 spiro atoms. The fraction of sp³-hybridized carbons (Fsp3) is 0.667. The predicted octanol–water partition coefficient (Wildman–Crippen LogP) is 4.23. The molecule has 0 aromatic heterocycles. The van der Waals surface area contributed by atoms with Gasteiger partial charge in [-0.1, -0.05) is 37.1 Å². The SMILES string of the molecule is CC/C1=C/CC/C(CC)=C\CC1. The van der Waals surface area contributed by atoms with Gasteiger partial charge in [0.1, 0.15) is 0 Å². The highest BCUT2D eigenvalue weighted by Gasteiger charge is 2.00. The van der Waals surface area contributed by atoms with Crippen molar-refractivity contribution >= 4 is 0 Å². The Morgan fingerprint density at radius 3 is 1.67 bits per heavy atom. The van der Waals surface area contributed by atoms with E-state index in [1.807, 2.05) is 0 Å². The van der Waals surface area contributed by atoms with Gasteiger partial charge in [-0.15, -0.1) is 0 Å². The van der Waals surface area contributed by atoms with Crippen LogP contribution in [0.15, 0.2) is 23.3 Å². The second kappa shape index (κ2) is 5.18. The van der Waals surface area contributed by atoms with E-state index in [1.165, 1.54) is 38.5 Å². The molecule has 1 aliphatic rings. The first kappa shape index (κ1) is 9.57. The van der Waals surface area contributed by atoms with E-state index in [4.69, 9.17) is 0 Å². The van der Waals surface area contributed by atoms with Crippen LogP contribution in [0.25, 0.3) is 0 Å². The molecule has 0 aromatic rings. The lowest BCUT2D eigenvalue weighted by Crippen LogP contribution is -1.89. The summed E-state index contributed by atoms with van der Waals surface area (Å²) in [5.74, 6) is 0. The van der Waals surface area contributed by atoms with Crippen LogP contribution < -0.4 is 0 Å². The van der Waals surface area contributed by atoms with Crippen molar-refractivity contribution < 1.29 is 0 Å². The third-order valence-corrected chi connectivity index (χ3v) is 2.71.